The number of carbonyl (C=O) groups is 1. The fourth-order valence-corrected chi connectivity index (χ4v) is 4.54. The van der Waals surface area contributed by atoms with Crippen LogP contribution in [0.15, 0.2) is 0 Å². The monoisotopic (exact) mass is 344 g/mol. The van der Waals surface area contributed by atoms with E-state index in [1.807, 2.05) is 11.8 Å². The number of nitrogens with one attached hydrogen (secondary N) is 3. The zero-order valence-electron chi connectivity index (χ0n) is 14.5. The SMILES string of the molecule is CCCC12NC(CCC(=O)N3CCNCC3)NC1CC(F)CC2F. The average Bonchev–Trinajstić information content (AvgIpc) is 2.93. The summed E-state index contributed by atoms with van der Waals surface area (Å²) >= 11 is 0. The predicted octanol–water partition coefficient (Wildman–Crippen LogP) is 1.09. The Morgan fingerprint density at radius 3 is 2.71 bits per heavy atom. The summed E-state index contributed by atoms with van der Waals surface area (Å²) in [6.45, 7) is 5.22. The second-order valence-corrected chi connectivity index (χ2v) is 7.41. The molecule has 0 aromatic heterocycles. The van der Waals surface area contributed by atoms with E-state index < -0.39 is 17.9 Å². The molecule has 24 heavy (non-hydrogen) atoms. The van der Waals surface area contributed by atoms with Gasteiger partial charge in [-0.15, -0.1) is 0 Å². The molecule has 3 aliphatic rings. The number of hydrogen-bond donors (Lipinski definition) is 3. The van der Waals surface area contributed by atoms with Crippen LogP contribution in [0.2, 0.25) is 0 Å². The van der Waals surface area contributed by atoms with Gasteiger partial charge in [0, 0.05) is 45.1 Å². The van der Waals surface area contributed by atoms with Crippen molar-refractivity contribution in [2.24, 2.45) is 0 Å². The number of nitrogens with zero attached hydrogens (tertiary/aromatic N) is 1. The smallest absolute Gasteiger partial charge is 0.222 e. The molecule has 2 heterocycles. The minimum atomic E-state index is -1.17. The predicted molar refractivity (Wildman–Crippen MR) is 89.2 cm³/mol. The van der Waals surface area contributed by atoms with E-state index in [0.717, 1.165) is 32.6 Å². The van der Waals surface area contributed by atoms with E-state index >= 15 is 0 Å². The minimum absolute atomic E-state index is 0.0163. The Kier molecular flexibility index (Phi) is 5.72. The van der Waals surface area contributed by atoms with Crippen LogP contribution in [0.25, 0.3) is 0 Å². The number of carbonyl (C=O) groups excluding carboxylic acids is 1. The normalized spacial score (nSPS) is 39.7. The quantitative estimate of drug-likeness (QED) is 0.699. The highest BCUT2D eigenvalue weighted by atomic mass is 19.1. The fourth-order valence-electron chi connectivity index (χ4n) is 4.54. The molecule has 7 heteroatoms. The van der Waals surface area contributed by atoms with Crippen LogP contribution in [0.4, 0.5) is 8.78 Å². The third kappa shape index (κ3) is 3.58. The van der Waals surface area contributed by atoms with Crippen molar-refractivity contribution in [3.05, 3.63) is 0 Å². The molecular formula is C17H30F2N4O. The molecular weight excluding hydrogens is 314 g/mol. The lowest BCUT2D eigenvalue weighted by atomic mass is 9.73. The zero-order valence-corrected chi connectivity index (χ0v) is 14.5. The van der Waals surface area contributed by atoms with Gasteiger partial charge in [-0.2, -0.15) is 0 Å². The fraction of sp³-hybridized carbons (Fsp3) is 0.941. The first kappa shape index (κ1) is 18.0. The van der Waals surface area contributed by atoms with Crippen LogP contribution in [0.1, 0.15) is 45.4 Å². The Hall–Kier alpha value is -0.790. The topological polar surface area (TPSA) is 56.4 Å². The summed E-state index contributed by atoms with van der Waals surface area (Å²) in [5, 5.41) is 10.00. The van der Waals surface area contributed by atoms with Gasteiger partial charge in [-0.1, -0.05) is 13.3 Å². The van der Waals surface area contributed by atoms with Gasteiger partial charge in [0.15, 0.2) is 0 Å². The Morgan fingerprint density at radius 1 is 1.25 bits per heavy atom. The highest BCUT2D eigenvalue weighted by Crippen LogP contribution is 2.40. The van der Waals surface area contributed by atoms with Crippen molar-refractivity contribution < 1.29 is 13.6 Å². The van der Waals surface area contributed by atoms with Gasteiger partial charge in [0.1, 0.15) is 12.3 Å². The molecule has 5 nitrogen and oxygen atoms in total. The Balaban J connectivity index is 1.57. The summed E-state index contributed by atoms with van der Waals surface area (Å²) < 4.78 is 28.5. The minimum Gasteiger partial charge on any atom is -0.340 e. The van der Waals surface area contributed by atoms with Gasteiger partial charge in [0.2, 0.25) is 5.91 Å². The average molecular weight is 344 g/mol. The molecule has 0 spiro atoms. The van der Waals surface area contributed by atoms with Crippen molar-refractivity contribution in [1.82, 2.24) is 20.9 Å². The summed E-state index contributed by atoms with van der Waals surface area (Å²) in [4.78, 5) is 14.2. The molecule has 2 aliphatic heterocycles. The molecule has 0 aromatic rings. The Bertz CT molecular complexity index is 446. The second kappa shape index (κ2) is 7.62. The largest absolute Gasteiger partial charge is 0.340 e. The Labute approximate surface area is 142 Å². The van der Waals surface area contributed by atoms with Gasteiger partial charge >= 0.3 is 0 Å². The maximum Gasteiger partial charge on any atom is 0.222 e. The highest BCUT2D eigenvalue weighted by Gasteiger charge is 2.55. The van der Waals surface area contributed by atoms with Crippen LogP contribution in [0, 0.1) is 0 Å². The van der Waals surface area contributed by atoms with Crippen LogP contribution in [0.5, 0.6) is 0 Å². The number of amides is 1. The lowest BCUT2D eigenvalue weighted by Gasteiger charge is -2.42. The number of alkyl halides is 2. The third-order valence-corrected chi connectivity index (χ3v) is 5.76. The van der Waals surface area contributed by atoms with E-state index in [1.165, 1.54) is 0 Å². The lowest BCUT2D eigenvalue weighted by Crippen LogP contribution is -2.61. The van der Waals surface area contributed by atoms with E-state index in [1.54, 1.807) is 0 Å². The molecule has 1 aliphatic carbocycles. The van der Waals surface area contributed by atoms with Gasteiger partial charge in [-0.25, -0.2) is 8.78 Å². The van der Waals surface area contributed by atoms with Gasteiger partial charge in [0.25, 0.3) is 0 Å². The molecule has 1 saturated carbocycles. The number of fused-ring (bicyclic) bond motifs is 1. The van der Waals surface area contributed by atoms with Gasteiger partial charge in [-0.05, 0) is 19.3 Å². The molecule has 2 saturated heterocycles. The molecule has 5 atom stereocenters. The molecule has 0 aromatic carbocycles. The number of rotatable bonds is 5. The van der Waals surface area contributed by atoms with Crippen molar-refractivity contribution in [2.75, 3.05) is 26.2 Å². The van der Waals surface area contributed by atoms with Crippen molar-refractivity contribution in [1.29, 1.82) is 0 Å². The van der Waals surface area contributed by atoms with Crippen molar-refractivity contribution in [3.8, 4) is 0 Å². The molecule has 0 bridgehead atoms. The van der Waals surface area contributed by atoms with Crippen LogP contribution < -0.4 is 16.0 Å². The van der Waals surface area contributed by atoms with Crippen LogP contribution in [-0.4, -0.2) is 67.1 Å². The number of piperazine rings is 1. The van der Waals surface area contributed by atoms with Gasteiger partial charge < -0.3 is 10.2 Å². The molecule has 3 N–H and O–H groups in total. The molecule has 138 valence electrons. The van der Waals surface area contributed by atoms with E-state index in [-0.39, 0.29) is 24.5 Å². The van der Waals surface area contributed by atoms with Gasteiger partial charge in [0.05, 0.1) is 11.7 Å². The summed E-state index contributed by atoms with van der Waals surface area (Å²) in [6, 6.07) is -0.185. The van der Waals surface area contributed by atoms with Crippen molar-refractivity contribution in [2.45, 2.75) is 75.5 Å². The van der Waals surface area contributed by atoms with E-state index in [4.69, 9.17) is 0 Å². The summed E-state index contributed by atoms with van der Waals surface area (Å²) in [6.07, 6.45) is 0.586. The van der Waals surface area contributed by atoms with Crippen LogP contribution in [-0.2, 0) is 4.79 Å². The van der Waals surface area contributed by atoms with E-state index in [0.29, 0.717) is 25.7 Å². The standard InChI is InChI=1S/C17H30F2N4O/c1-2-5-17-13(19)10-12(18)11-14(17)21-15(22-17)3-4-16(24)23-8-6-20-7-9-23/h12-15,20-22H,2-11H2,1H3. The zero-order chi connectivity index (χ0) is 17.2. The first-order valence-corrected chi connectivity index (χ1v) is 9.35. The van der Waals surface area contributed by atoms with Crippen molar-refractivity contribution >= 4 is 5.91 Å². The maximum absolute atomic E-state index is 14.7. The highest BCUT2D eigenvalue weighted by molar-refractivity contribution is 5.76. The number of hydrogen-bond acceptors (Lipinski definition) is 4. The molecule has 3 fully saturated rings. The summed E-state index contributed by atoms with van der Waals surface area (Å²) in [5.41, 5.74) is -0.667. The van der Waals surface area contributed by atoms with Crippen LogP contribution in [0.3, 0.4) is 0 Å². The Morgan fingerprint density at radius 2 is 2.00 bits per heavy atom. The lowest BCUT2D eigenvalue weighted by molar-refractivity contribution is -0.132. The molecule has 0 radical (unpaired) electrons. The maximum atomic E-state index is 14.7. The summed E-state index contributed by atoms with van der Waals surface area (Å²) in [5.74, 6) is 0.152. The molecule has 3 rings (SSSR count). The van der Waals surface area contributed by atoms with Gasteiger partial charge in [-0.3, -0.25) is 15.4 Å². The molecule has 5 unspecified atom stereocenters. The number of halogens is 2. The third-order valence-electron chi connectivity index (χ3n) is 5.76. The van der Waals surface area contributed by atoms with Crippen molar-refractivity contribution in [3.63, 3.8) is 0 Å². The van der Waals surface area contributed by atoms with Crippen LogP contribution >= 0.6 is 0 Å². The first-order valence-electron chi connectivity index (χ1n) is 9.35. The summed E-state index contributed by atoms with van der Waals surface area (Å²) in [7, 11) is 0. The second-order valence-electron chi connectivity index (χ2n) is 7.41. The van der Waals surface area contributed by atoms with E-state index in [2.05, 4.69) is 16.0 Å². The first-order chi connectivity index (χ1) is 11.5. The van der Waals surface area contributed by atoms with E-state index in [9.17, 15) is 13.6 Å². The molecule has 1 amide bonds.